The van der Waals surface area contributed by atoms with Gasteiger partial charge in [-0.2, -0.15) is 0 Å². The van der Waals surface area contributed by atoms with Crippen molar-refractivity contribution in [1.29, 1.82) is 0 Å². The summed E-state index contributed by atoms with van der Waals surface area (Å²) in [4.78, 5) is 11.6. The molecule has 0 saturated heterocycles. The minimum atomic E-state index is -3.03. The molecule has 0 saturated carbocycles. The summed E-state index contributed by atoms with van der Waals surface area (Å²) < 4.78 is 27.7. The molecule has 0 spiro atoms. The maximum absolute atomic E-state index is 11.6. The van der Waals surface area contributed by atoms with Crippen molar-refractivity contribution in [1.82, 2.24) is 0 Å². The minimum absolute atomic E-state index is 0.0204. The number of anilines is 2. The molecule has 0 aliphatic rings. The highest BCUT2D eigenvalue weighted by atomic mass is 32.2. The van der Waals surface area contributed by atoms with Crippen LogP contribution < -0.4 is 11.1 Å². The third-order valence-corrected chi connectivity index (χ3v) is 4.44. The van der Waals surface area contributed by atoms with E-state index in [0.717, 1.165) is 0 Å². The van der Waals surface area contributed by atoms with Gasteiger partial charge in [0.1, 0.15) is 0 Å². The van der Waals surface area contributed by atoms with Crippen LogP contribution in [0.5, 0.6) is 0 Å². The number of carbonyl (C=O) groups is 1. The molecule has 0 aliphatic heterocycles. The first kappa shape index (κ1) is 16.3. The Bertz CT molecular complexity index is 570. The molecule has 1 aromatic carbocycles. The molecule has 0 heterocycles. The lowest BCUT2D eigenvalue weighted by Gasteiger charge is -2.11. The van der Waals surface area contributed by atoms with Gasteiger partial charge >= 0.3 is 5.97 Å². The van der Waals surface area contributed by atoms with Crippen LogP contribution in [0.15, 0.2) is 18.2 Å². The number of hydrogen-bond acceptors (Lipinski definition) is 6. The molecule has 112 valence electrons. The van der Waals surface area contributed by atoms with Crippen LogP contribution in [0.25, 0.3) is 0 Å². The lowest BCUT2D eigenvalue weighted by atomic mass is 10.1. The number of carbonyl (C=O) groups excluding carboxylic acids is 1. The fourth-order valence-corrected chi connectivity index (χ4v) is 2.24. The van der Waals surface area contributed by atoms with E-state index in [9.17, 15) is 13.2 Å². The van der Waals surface area contributed by atoms with Crippen molar-refractivity contribution in [3.8, 4) is 0 Å². The van der Waals surface area contributed by atoms with Crippen LogP contribution >= 0.6 is 0 Å². The van der Waals surface area contributed by atoms with Crippen molar-refractivity contribution in [2.75, 3.05) is 35.7 Å². The molecule has 0 amide bonds. The van der Waals surface area contributed by atoms with Crippen molar-refractivity contribution in [2.24, 2.45) is 0 Å². The fourth-order valence-electron chi connectivity index (χ4n) is 1.54. The van der Waals surface area contributed by atoms with E-state index >= 15 is 0 Å². The van der Waals surface area contributed by atoms with Gasteiger partial charge in [0.15, 0.2) is 9.84 Å². The minimum Gasteiger partial charge on any atom is -0.462 e. The SMILES string of the molecule is CCOC(=O)c1ccc(N)c(NCCS(=O)(=O)CC)c1. The van der Waals surface area contributed by atoms with Crippen molar-refractivity contribution in [3.05, 3.63) is 23.8 Å². The molecule has 0 unspecified atom stereocenters. The number of hydrogen-bond donors (Lipinski definition) is 2. The number of nitrogen functional groups attached to an aromatic ring is 1. The molecule has 0 atom stereocenters. The predicted molar refractivity (Wildman–Crippen MR) is 79.6 cm³/mol. The van der Waals surface area contributed by atoms with Crippen LogP contribution in [0.2, 0.25) is 0 Å². The summed E-state index contributed by atoms with van der Waals surface area (Å²) in [5.74, 6) is -0.309. The topological polar surface area (TPSA) is 98.5 Å². The zero-order chi connectivity index (χ0) is 15.2. The van der Waals surface area contributed by atoms with Crippen LogP contribution in [-0.2, 0) is 14.6 Å². The Morgan fingerprint density at radius 3 is 2.65 bits per heavy atom. The van der Waals surface area contributed by atoms with Gasteiger partial charge in [-0.3, -0.25) is 0 Å². The first-order chi connectivity index (χ1) is 9.39. The summed E-state index contributed by atoms with van der Waals surface area (Å²) in [5, 5.41) is 2.93. The van der Waals surface area contributed by atoms with Gasteiger partial charge in [0.25, 0.3) is 0 Å². The van der Waals surface area contributed by atoms with E-state index in [1.807, 2.05) is 0 Å². The Morgan fingerprint density at radius 1 is 1.35 bits per heavy atom. The van der Waals surface area contributed by atoms with Crippen LogP contribution in [0.3, 0.4) is 0 Å². The fraction of sp³-hybridized carbons (Fsp3) is 0.462. The van der Waals surface area contributed by atoms with Gasteiger partial charge in [-0.05, 0) is 25.1 Å². The molecule has 20 heavy (non-hydrogen) atoms. The number of benzene rings is 1. The van der Waals surface area contributed by atoms with E-state index in [-0.39, 0.29) is 18.1 Å². The Hall–Kier alpha value is -1.76. The predicted octanol–water partition coefficient (Wildman–Crippen LogP) is 1.29. The molecule has 0 fully saturated rings. The zero-order valence-electron chi connectivity index (χ0n) is 11.7. The molecule has 0 bridgehead atoms. The number of ether oxygens (including phenoxy) is 1. The number of sulfone groups is 1. The van der Waals surface area contributed by atoms with Gasteiger partial charge in [0.2, 0.25) is 0 Å². The summed E-state index contributed by atoms with van der Waals surface area (Å²) in [6, 6.07) is 4.72. The highest BCUT2D eigenvalue weighted by Crippen LogP contribution is 2.20. The normalized spacial score (nSPS) is 11.1. The van der Waals surface area contributed by atoms with Crippen LogP contribution in [0, 0.1) is 0 Å². The monoisotopic (exact) mass is 300 g/mol. The zero-order valence-corrected chi connectivity index (χ0v) is 12.5. The summed E-state index contributed by atoms with van der Waals surface area (Å²) in [6.45, 7) is 3.86. The third kappa shape index (κ3) is 4.73. The second-order valence-corrected chi connectivity index (χ2v) is 6.66. The second-order valence-electron chi connectivity index (χ2n) is 4.19. The first-order valence-electron chi connectivity index (χ1n) is 6.40. The quantitative estimate of drug-likeness (QED) is 0.581. The van der Waals surface area contributed by atoms with Gasteiger partial charge in [-0.25, -0.2) is 13.2 Å². The molecular weight excluding hydrogens is 280 g/mol. The molecule has 0 aliphatic carbocycles. The Kier molecular flexibility index (Phi) is 5.82. The van der Waals surface area contributed by atoms with Gasteiger partial charge in [0.05, 0.1) is 29.3 Å². The molecule has 6 nitrogen and oxygen atoms in total. The van der Waals surface area contributed by atoms with Crippen molar-refractivity contribution in [3.63, 3.8) is 0 Å². The van der Waals surface area contributed by atoms with Crippen LogP contribution in [-0.4, -0.2) is 39.0 Å². The van der Waals surface area contributed by atoms with Crippen LogP contribution in [0.1, 0.15) is 24.2 Å². The summed E-state index contributed by atoms with van der Waals surface area (Å²) >= 11 is 0. The first-order valence-corrected chi connectivity index (χ1v) is 8.22. The average molecular weight is 300 g/mol. The van der Waals surface area contributed by atoms with E-state index in [2.05, 4.69) is 5.32 Å². The third-order valence-electron chi connectivity index (χ3n) is 2.73. The van der Waals surface area contributed by atoms with Crippen molar-refractivity contribution < 1.29 is 17.9 Å². The number of nitrogens with two attached hydrogens (primary N) is 1. The Labute approximate surface area is 119 Å². The summed E-state index contributed by atoms with van der Waals surface area (Å²) in [5.41, 5.74) is 7.14. The molecule has 0 radical (unpaired) electrons. The van der Waals surface area contributed by atoms with Crippen LogP contribution in [0.4, 0.5) is 11.4 Å². The Balaban J connectivity index is 2.75. The molecule has 1 rings (SSSR count). The lowest BCUT2D eigenvalue weighted by molar-refractivity contribution is 0.0526. The number of esters is 1. The van der Waals surface area contributed by atoms with E-state index in [1.165, 1.54) is 0 Å². The van der Waals surface area contributed by atoms with Gasteiger partial charge in [0, 0.05) is 12.3 Å². The smallest absolute Gasteiger partial charge is 0.338 e. The standard InChI is InChI=1S/C13H20N2O4S/c1-3-19-13(16)10-5-6-11(14)12(9-10)15-7-8-20(17,18)4-2/h5-6,9,15H,3-4,7-8,14H2,1-2H3. The molecule has 3 N–H and O–H groups in total. The van der Waals surface area contributed by atoms with Crippen molar-refractivity contribution >= 4 is 27.2 Å². The maximum Gasteiger partial charge on any atom is 0.338 e. The highest BCUT2D eigenvalue weighted by Gasteiger charge is 2.10. The largest absolute Gasteiger partial charge is 0.462 e. The molecule has 1 aromatic rings. The van der Waals surface area contributed by atoms with E-state index in [1.54, 1.807) is 32.0 Å². The Morgan fingerprint density at radius 2 is 2.05 bits per heavy atom. The second kappa shape index (κ2) is 7.14. The summed E-state index contributed by atoms with van der Waals surface area (Å²) in [7, 11) is -3.03. The molecule has 0 aromatic heterocycles. The van der Waals surface area contributed by atoms with E-state index in [0.29, 0.717) is 23.5 Å². The van der Waals surface area contributed by atoms with Gasteiger partial charge < -0.3 is 15.8 Å². The highest BCUT2D eigenvalue weighted by molar-refractivity contribution is 7.91. The molecular formula is C13H20N2O4S. The van der Waals surface area contributed by atoms with Gasteiger partial charge in [-0.1, -0.05) is 6.92 Å². The average Bonchev–Trinajstić information content (AvgIpc) is 2.41. The van der Waals surface area contributed by atoms with E-state index < -0.39 is 15.8 Å². The lowest BCUT2D eigenvalue weighted by Crippen LogP contribution is -2.18. The number of rotatable bonds is 7. The van der Waals surface area contributed by atoms with Crippen molar-refractivity contribution in [2.45, 2.75) is 13.8 Å². The maximum atomic E-state index is 11.6. The van der Waals surface area contributed by atoms with E-state index in [4.69, 9.17) is 10.5 Å². The van der Waals surface area contributed by atoms with Gasteiger partial charge in [-0.15, -0.1) is 0 Å². The molecule has 7 heteroatoms. The number of nitrogens with one attached hydrogen (secondary N) is 1. The summed E-state index contributed by atoms with van der Waals surface area (Å²) in [6.07, 6.45) is 0.